The standard InChI is InChI=1S/C17H29NO3/c1-15(2)12-20-10-6-9-18-11-17(19)14-21-13-16-7-4-3-5-8-16/h3-5,7-8,15,17-19H,6,9-14H2,1-2H3. The highest BCUT2D eigenvalue weighted by Gasteiger charge is 2.03. The summed E-state index contributed by atoms with van der Waals surface area (Å²) >= 11 is 0. The number of aliphatic hydroxyl groups is 1. The molecule has 0 radical (unpaired) electrons. The average Bonchev–Trinajstić information content (AvgIpc) is 2.47. The Morgan fingerprint density at radius 2 is 1.86 bits per heavy atom. The van der Waals surface area contributed by atoms with Crippen molar-refractivity contribution in [3.05, 3.63) is 35.9 Å². The van der Waals surface area contributed by atoms with E-state index in [0.29, 0.717) is 25.7 Å². The van der Waals surface area contributed by atoms with Gasteiger partial charge in [0.05, 0.1) is 19.3 Å². The number of aliphatic hydroxyl groups excluding tert-OH is 1. The maximum Gasteiger partial charge on any atom is 0.0897 e. The predicted octanol–water partition coefficient (Wildman–Crippen LogP) is 2.22. The van der Waals surface area contributed by atoms with Gasteiger partial charge >= 0.3 is 0 Å². The van der Waals surface area contributed by atoms with Crippen LogP contribution in [0.15, 0.2) is 30.3 Å². The summed E-state index contributed by atoms with van der Waals surface area (Å²) in [5.74, 6) is 0.585. The van der Waals surface area contributed by atoms with Crippen LogP contribution in [-0.4, -0.2) is 44.1 Å². The van der Waals surface area contributed by atoms with Gasteiger partial charge in [0.1, 0.15) is 0 Å². The molecule has 1 rings (SSSR count). The summed E-state index contributed by atoms with van der Waals surface area (Å²) in [4.78, 5) is 0. The zero-order valence-corrected chi connectivity index (χ0v) is 13.3. The molecule has 4 heteroatoms. The zero-order chi connectivity index (χ0) is 15.3. The van der Waals surface area contributed by atoms with Crippen molar-refractivity contribution in [1.29, 1.82) is 0 Å². The normalized spacial score (nSPS) is 12.8. The van der Waals surface area contributed by atoms with E-state index in [4.69, 9.17) is 9.47 Å². The molecule has 4 nitrogen and oxygen atoms in total. The van der Waals surface area contributed by atoms with Crippen LogP contribution in [0.25, 0.3) is 0 Å². The molecule has 1 aromatic rings. The van der Waals surface area contributed by atoms with E-state index in [1.807, 2.05) is 30.3 Å². The molecule has 0 aromatic heterocycles. The molecule has 0 saturated carbocycles. The predicted molar refractivity (Wildman–Crippen MR) is 85.2 cm³/mol. The second kappa shape index (κ2) is 11.7. The Labute approximate surface area is 128 Å². The maximum atomic E-state index is 9.78. The number of hydrogen-bond donors (Lipinski definition) is 2. The van der Waals surface area contributed by atoms with Crippen LogP contribution in [0.3, 0.4) is 0 Å². The number of benzene rings is 1. The first-order valence-corrected chi connectivity index (χ1v) is 7.76. The van der Waals surface area contributed by atoms with Crippen molar-refractivity contribution in [1.82, 2.24) is 5.32 Å². The summed E-state index contributed by atoms with van der Waals surface area (Å²) in [5, 5.41) is 13.0. The van der Waals surface area contributed by atoms with Crippen molar-refractivity contribution >= 4 is 0 Å². The van der Waals surface area contributed by atoms with E-state index in [9.17, 15) is 5.11 Å². The third-order valence-electron chi connectivity index (χ3n) is 2.90. The molecule has 0 aliphatic heterocycles. The molecule has 0 aliphatic rings. The second-order valence-corrected chi connectivity index (χ2v) is 5.68. The molecule has 1 aromatic carbocycles. The highest BCUT2D eigenvalue weighted by atomic mass is 16.5. The van der Waals surface area contributed by atoms with Gasteiger partial charge in [-0.25, -0.2) is 0 Å². The van der Waals surface area contributed by atoms with Crippen LogP contribution in [0, 0.1) is 5.92 Å². The topological polar surface area (TPSA) is 50.7 Å². The van der Waals surface area contributed by atoms with Crippen molar-refractivity contribution in [2.45, 2.75) is 33.0 Å². The molecule has 120 valence electrons. The first-order chi connectivity index (χ1) is 10.2. The molecule has 0 aliphatic carbocycles. The Morgan fingerprint density at radius 3 is 2.57 bits per heavy atom. The molecule has 1 unspecified atom stereocenters. The maximum absolute atomic E-state index is 9.78. The quantitative estimate of drug-likeness (QED) is 0.581. The van der Waals surface area contributed by atoms with Gasteiger partial charge in [-0.3, -0.25) is 0 Å². The van der Waals surface area contributed by atoms with Crippen LogP contribution in [0.1, 0.15) is 25.8 Å². The third-order valence-corrected chi connectivity index (χ3v) is 2.90. The molecule has 0 spiro atoms. The van der Waals surface area contributed by atoms with E-state index < -0.39 is 6.10 Å². The summed E-state index contributed by atoms with van der Waals surface area (Å²) in [6, 6.07) is 9.98. The lowest BCUT2D eigenvalue weighted by Gasteiger charge is -2.12. The molecule has 0 heterocycles. The van der Waals surface area contributed by atoms with Crippen molar-refractivity contribution in [2.24, 2.45) is 5.92 Å². The lowest BCUT2D eigenvalue weighted by atomic mass is 10.2. The lowest BCUT2D eigenvalue weighted by Crippen LogP contribution is -2.31. The van der Waals surface area contributed by atoms with Gasteiger partial charge in [0.15, 0.2) is 0 Å². The van der Waals surface area contributed by atoms with Crippen LogP contribution in [0.4, 0.5) is 0 Å². The first kappa shape index (κ1) is 18.1. The van der Waals surface area contributed by atoms with E-state index in [1.54, 1.807) is 0 Å². The van der Waals surface area contributed by atoms with Crippen molar-refractivity contribution in [2.75, 3.05) is 32.9 Å². The Kier molecular flexibility index (Phi) is 10.1. The number of hydrogen-bond acceptors (Lipinski definition) is 4. The summed E-state index contributed by atoms with van der Waals surface area (Å²) < 4.78 is 11.0. The smallest absolute Gasteiger partial charge is 0.0897 e. The van der Waals surface area contributed by atoms with E-state index in [-0.39, 0.29) is 0 Å². The van der Waals surface area contributed by atoms with Gasteiger partial charge in [0, 0.05) is 19.8 Å². The Hall–Kier alpha value is -0.940. The highest BCUT2D eigenvalue weighted by Crippen LogP contribution is 2.00. The largest absolute Gasteiger partial charge is 0.389 e. The molecule has 0 bridgehead atoms. The summed E-state index contributed by atoms with van der Waals surface area (Å²) in [6.07, 6.45) is 0.495. The molecule has 2 N–H and O–H groups in total. The van der Waals surface area contributed by atoms with E-state index >= 15 is 0 Å². The van der Waals surface area contributed by atoms with E-state index in [2.05, 4.69) is 19.2 Å². The lowest BCUT2D eigenvalue weighted by molar-refractivity contribution is 0.0285. The molecule has 21 heavy (non-hydrogen) atoms. The molecule has 0 amide bonds. The van der Waals surface area contributed by atoms with E-state index in [0.717, 1.165) is 31.7 Å². The minimum Gasteiger partial charge on any atom is -0.389 e. The molecule has 0 fully saturated rings. The Morgan fingerprint density at radius 1 is 1.10 bits per heavy atom. The fourth-order valence-electron chi connectivity index (χ4n) is 1.83. The minimum atomic E-state index is -0.467. The van der Waals surface area contributed by atoms with Gasteiger partial charge in [-0.15, -0.1) is 0 Å². The van der Waals surface area contributed by atoms with Crippen molar-refractivity contribution in [3.63, 3.8) is 0 Å². The third kappa shape index (κ3) is 10.4. The number of rotatable bonds is 12. The molecule has 0 saturated heterocycles. The summed E-state index contributed by atoms with van der Waals surface area (Å²) in [5.41, 5.74) is 1.12. The van der Waals surface area contributed by atoms with Gasteiger partial charge in [-0.1, -0.05) is 44.2 Å². The monoisotopic (exact) mass is 295 g/mol. The van der Waals surface area contributed by atoms with Crippen LogP contribution >= 0.6 is 0 Å². The minimum absolute atomic E-state index is 0.353. The number of nitrogens with one attached hydrogen (secondary N) is 1. The van der Waals surface area contributed by atoms with Gasteiger partial charge in [-0.2, -0.15) is 0 Å². The number of ether oxygens (including phenoxy) is 2. The van der Waals surface area contributed by atoms with Crippen LogP contribution in [0.5, 0.6) is 0 Å². The van der Waals surface area contributed by atoms with Crippen LogP contribution < -0.4 is 5.32 Å². The van der Waals surface area contributed by atoms with Crippen LogP contribution in [-0.2, 0) is 16.1 Å². The highest BCUT2D eigenvalue weighted by molar-refractivity contribution is 5.13. The second-order valence-electron chi connectivity index (χ2n) is 5.68. The Balaban J connectivity index is 1.91. The summed E-state index contributed by atoms with van der Waals surface area (Å²) in [6.45, 7) is 8.18. The van der Waals surface area contributed by atoms with E-state index in [1.165, 1.54) is 0 Å². The first-order valence-electron chi connectivity index (χ1n) is 7.76. The Bertz CT molecular complexity index is 343. The van der Waals surface area contributed by atoms with Crippen molar-refractivity contribution in [3.8, 4) is 0 Å². The molecular formula is C17H29NO3. The van der Waals surface area contributed by atoms with Crippen LogP contribution in [0.2, 0.25) is 0 Å². The fourth-order valence-corrected chi connectivity index (χ4v) is 1.83. The zero-order valence-electron chi connectivity index (χ0n) is 13.3. The SMILES string of the molecule is CC(C)COCCCNCC(O)COCc1ccccc1. The van der Waals surface area contributed by atoms with Gasteiger partial charge in [-0.05, 0) is 24.4 Å². The molecular weight excluding hydrogens is 266 g/mol. The van der Waals surface area contributed by atoms with Gasteiger partial charge in [0.25, 0.3) is 0 Å². The fraction of sp³-hybridized carbons (Fsp3) is 0.647. The van der Waals surface area contributed by atoms with Gasteiger partial charge in [0.2, 0.25) is 0 Å². The summed E-state index contributed by atoms with van der Waals surface area (Å²) in [7, 11) is 0. The van der Waals surface area contributed by atoms with Gasteiger partial charge < -0.3 is 19.9 Å². The average molecular weight is 295 g/mol. The molecule has 1 atom stereocenters. The van der Waals surface area contributed by atoms with Crippen molar-refractivity contribution < 1.29 is 14.6 Å².